The lowest BCUT2D eigenvalue weighted by atomic mass is 9.97. The molecule has 0 bridgehead atoms. The van der Waals surface area contributed by atoms with Gasteiger partial charge < -0.3 is 10.6 Å². The van der Waals surface area contributed by atoms with E-state index < -0.39 is 0 Å². The molecule has 0 heterocycles. The summed E-state index contributed by atoms with van der Waals surface area (Å²) in [5.41, 5.74) is 6.74. The van der Waals surface area contributed by atoms with Gasteiger partial charge in [0.2, 0.25) is 5.91 Å². The predicted molar refractivity (Wildman–Crippen MR) is 75.3 cm³/mol. The van der Waals surface area contributed by atoms with E-state index in [1.165, 1.54) is 0 Å². The third kappa shape index (κ3) is 3.44. The van der Waals surface area contributed by atoms with Crippen molar-refractivity contribution in [2.24, 2.45) is 5.73 Å². The van der Waals surface area contributed by atoms with Gasteiger partial charge in [-0.05, 0) is 19.4 Å². The van der Waals surface area contributed by atoms with E-state index in [1.807, 2.05) is 44.2 Å². The summed E-state index contributed by atoms with van der Waals surface area (Å²) < 4.78 is 0. The third-order valence-electron chi connectivity index (χ3n) is 2.97. The normalized spacial score (nSPS) is 12.2. The van der Waals surface area contributed by atoms with Crippen LogP contribution >= 0.6 is 0 Å². The molecule has 0 aliphatic heterocycles. The highest BCUT2D eigenvalue weighted by atomic mass is 16.2. The van der Waals surface area contributed by atoms with Crippen LogP contribution in [0.4, 0.5) is 0 Å². The lowest BCUT2D eigenvalue weighted by molar-refractivity contribution is -0.133. The molecule has 0 aromatic heterocycles. The Morgan fingerprint density at radius 3 is 2.44 bits per heavy atom. The van der Waals surface area contributed by atoms with E-state index in [4.69, 9.17) is 5.73 Å². The molecule has 0 spiro atoms. The van der Waals surface area contributed by atoms with E-state index in [0.717, 1.165) is 5.56 Å². The number of nitrogens with zero attached hydrogens (tertiary/aromatic N) is 1. The molecule has 0 saturated carbocycles. The van der Waals surface area contributed by atoms with Crippen molar-refractivity contribution in [1.29, 1.82) is 0 Å². The first-order chi connectivity index (χ1) is 8.61. The highest BCUT2D eigenvalue weighted by molar-refractivity contribution is 5.84. The molecule has 18 heavy (non-hydrogen) atoms. The zero-order valence-corrected chi connectivity index (χ0v) is 11.2. The molecule has 3 nitrogen and oxygen atoms in total. The summed E-state index contributed by atoms with van der Waals surface area (Å²) in [5.74, 6) is -0.202. The summed E-state index contributed by atoms with van der Waals surface area (Å²) >= 11 is 0. The second kappa shape index (κ2) is 6.97. The van der Waals surface area contributed by atoms with Gasteiger partial charge in [0.1, 0.15) is 0 Å². The van der Waals surface area contributed by atoms with Gasteiger partial charge in [0, 0.05) is 19.1 Å². The quantitative estimate of drug-likeness (QED) is 0.782. The average molecular weight is 246 g/mol. The Kier molecular flexibility index (Phi) is 5.59. The van der Waals surface area contributed by atoms with E-state index >= 15 is 0 Å². The number of carbonyl (C=O) groups is 1. The highest BCUT2D eigenvalue weighted by Crippen LogP contribution is 2.18. The summed E-state index contributed by atoms with van der Waals surface area (Å²) in [5, 5.41) is 0. The molecule has 0 saturated heterocycles. The lowest BCUT2D eigenvalue weighted by Gasteiger charge is -2.29. The number of benzene rings is 1. The fraction of sp³-hybridized carbons (Fsp3) is 0.400. The monoisotopic (exact) mass is 246 g/mol. The van der Waals surface area contributed by atoms with Crippen molar-refractivity contribution >= 4 is 5.91 Å². The van der Waals surface area contributed by atoms with E-state index in [-0.39, 0.29) is 17.9 Å². The maximum Gasteiger partial charge on any atom is 0.231 e. The van der Waals surface area contributed by atoms with Crippen molar-refractivity contribution in [3.63, 3.8) is 0 Å². The molecule has 1 aromatic rings. The smallest absolute Gasteiger partial charge is 0.231 e. The molecule has 1 unspecified atom stereocenters. The van der Waals surface area contributed by atoms with Crippen molar-refractivity contribution in [3.8, 4) is 0 Å². The standard InChI is InChI=1S/C15H22N2O/c1-4-10-17(12(2)3)15(18)14(11-16)13-8-6-5-7-9-13/h4-9,12,14H,1,10-11,16H2,2-3H3. The summed E-state index contributed by atoms with van der Waals surface area (Å²) in [6, 6.07) is 9.83. The van der Waals surface area contributed by atoms with Crippen LogP contribution in [-0.2, 0) is 4.79 Å². The first kappa shape index (κ1) is 14.5. The van der Waals surface area contributed by atoms with Gasteiger partial charge in [-0.15, -0.1) is 6.58 Å². The Bertz CT molecular complexity index is 387. The van der Waals surface area contributed by atoms with Crippen LogP contribution in [0.15, 0.2) is 43.0 Å². The van der Waals surface area contributed by atoms with E-state index in [2.05, 4.69) is 6.58 Å². The lowest BCUT2D eigenvalue weighted by Crippen LogP contribution is -2.42. The van der Waals surface area contributed by atoms with E-state index in [0.29, 0.717) is 13.1 Å². The van der Waals surface area contributed by atoms with Gasteiger partial charge in [0.15, 0.2) is 0 Å². The minimum absolute atomic E-state index is 0.0681. The SMILES string of the molecule is C=CCN(C(=O)C(CN)c1ccccc1)C(C)C. The van der Waals surface area contributed by atoms with Crippen LogP contribution in [0, 0.1) is 0 Å². The molecule has 0 aliphatic carbocycles. The molecule has 1 rings (SSSR count). The summed E-state index contributed by atoms with van der Waals surface area (Å²) in [6.07, 6.45) is 1.75. The summed E-state index contributed by atoms with van der Waals surface area (Å²) in [4.78, 5) is 14.3. The summed E-state index contributed by atoms with van der Waals surface area (Å²) in [7, 11) is 0. The van der Waals surface area contributed by atoms with Gasteiger partial charge in [-0.25, -0.2) is 0 Å². The van der Waals surface area contributed by atoms with Crippen LogP contribution in [-0.4, -0.2) is 29.9 Å². The van der Waals surface area contributed by atoms with Crippen LogP contribution in [0.3, 0.4) is 0 Å². The Morgan fingerprint density at radius 2 is 2.00 bits per heavy atom. The van der Waals surface area contributed by atoms with Crippen molar-refractivity contribution < 1.29 is 4.79 Å². The van der Waals surface area contributed by atoms with Gasteiger partial charge in [0.25, 0.3) is 0 Å². The molecule has 3 heteroatoms. The molecule has 0 radical (unpaired) electrons. The Hall–Kier alpha value is -1.61. The van der Waals surface area contributed by atoms with Gasteiger partial charge in [0.05, 0.1) is 5.92 Å². The minimum atomic E-state index is -0.270. The maximum absolute atomic E-state index is 12.5. The average Bonchev–Trinajstić information content (AvgIpc) is 2.37. The van der Waals surface area contributed by atoms with Gasteiger partial charge >= 0.3 is 0 Å². The topological polar surface area (TPSA) is 46.3 Å². The molecule has 2 N–H and O–H groups in total. The van der Waals surface area contributed by atoms with Gasteiger partial charge in [-0.2, -0.15) is 0 Å². The second-order valence-electron chi connectivity index (χ2n) is 4.57. The largest absolute Gasteiger partial charge is 0.336 e. The fourth-order valence-electron chi connectivity index (χ4n) is 1.96. The van der Waals surface area contributed by atoms with Crippen molar-refractivity contribution in [3.05, 3.63) is 48.6 Å². The zero-order valence-electron chi connectivity index (χ0n) is 11.2. The number of amides is 1. The highest BCUT2D eigenvalue weighted by Gasteiger charge is 2.25. The van der Waals surface area contributed by atoms with Gasteiger partial charge in [-0.1, -0.05) is 36.4 Å². The Labute approximate surface area is 109 Å². The number of rotatable bonds is 6. The molecule has 1 aromatic carbocycles. The molecule has 0 aliphatic rings. The zero-order chi connectivity index (χ0) is 13.5. The first-order valence-corrected chi connectivity index (χ1v) is 6.28. The number of carbonyl (C=O) groups excluding carboxylic acids is 1. The van der Waals surface area contributed by atoms with Crippen LogP contribution in [0.2, 0.25) is 0 Å². The van der Waals surface area contributed by atoms with Crippen LogP contribution < -0.4 is 5.73 Å². The maximum atomic E-state index is 12.5. The predicted octanol–water partition coefficient (Wildman–Crippen LogP) is 2.15. The van der Waals surface area contributed by atoms with Crippen LogP contribution in [0.25, 0.3) is 0 Å². The molecule has 1 atom stereocenters. The second-order valence-corrected chi connectivity index (χ2v) is 4.57. The number of hydrogen-bond donors (Lipinski definition) is 1. The van der Waals surface area contributed by atoms with Gasteiger partial charge in [-0.3, -0.25) is 4.79 Å². The third-order valence-corrected chi connectivity index (χ3v) is 2.97. The van der Waals surface area contributed by atoms with Crippen molar-refractivity contribution in [2.75, 3.05) is 13.1 Å². The molecular weight excluding hydrogens is 224 g/mol. The van der Waals surface area contributed by atoms with Crippen molar-refractivity contribution in [2.45, 2.75) is 25.8 Å². The van der Waals surface area contributed by atoms with E-state index in [1.54, 1.807) is 11.0 Å². The van der Waals surface area contributed by atoms with Crippen molar-refractivity contribution in [1.82, 2.24) is 4.90 Å². The Morgan fingerprint density at radius 1 is 1.39 bits per heavy atom. The fourth-order valence-corrected chi connectivity index (χ4v) is 1.96. The van der Waals surface area contributed by atoms with Crippen LogP contribution in [0.5, 0.6) is 0 Å². The van der Waals surface area contributed by atoms with Crippen LogP contribution in [0.1, 0.15) is 25.3 Å². The Balaban J connectivity index is 2.94. The van der Waals surface area contributed by atoms with E-state index in [9.17, 15) is 4.79 Å². The first-order valence-electron chi connectivity index (χ1n) is 6.28. The molecule has 1 amide bonds. The molecular formula is C15H22N2O. The number of nitrogens with two attached hydrogens (primary N) is 1. The minimum Gasteiger partial charge on any atom is -0.336 e. The molecule has 98 valence electrons. The number of hydrogen-bond acceptors (Lipinski definition) is 2. The molecule has 0 fully saturated rings. The summed E-state index contributed by atoms with van der Waals surface area (Å²) in [6.45, 7) is 8.58.